The second-order valence-electron chi connectivity index (χ2n) is 9.01. The maximum absolute atomic E-state index is 14.0. The molecule has 1 saturated heterocycles. The van der Waals surface area contributed by atoms with Crippen molar-refractivity contribution in [2.75, 3.05) is 12.0 Å². The number of thiocarbonyl (C=S) groups is 1. The first-order valence-electron chi connectivity index (χ1n) is 12.0. The van der Waals surface area contributed by atoms with Crippen LogP contribution in [-0.4, -0.2) is 28.9 Å². The molecule has 0 bridgehead atoms. The summed E-state index contributed by atoms with van der Waals surface area (Å²) in [5, 5.41) is 2.27. The molecule has 0 aliphatic carbocycles. The first-order chi connectivity index (χ1) is 17.9. The van der Waals surface area contributed by atoms with E-state index < -0.39 is 17.9 Å². The molecular weight excluding hydrogens is 480 g/mol. The van der Waals surface area contributed by atoms with Crippen LogP contribution in [0.5, 0.6) is 5.75 Å². The Balaban J connectivity index is 1.64. The number of ether oxygens (including phenoxy) is 1. The summed E-state index contributed by atoms with van der Waals surface area (Å²) in [6, 6.07) is 28.4. The van der Waals surface area contributed by atoms with Crippen molar-refractivity contribution in [1.29, 1.82) is 0 Å². The topological polar surface area (TPSA) is 49.9 Å². The third-order valence-electron chi connectivity index (χ3n) is 6.66. The number of nitrogens with zero attached hydrogens (tertiary/aromatic N) is 2. The zero-order valence-electron chi connectivity index (χ0n) is 20.8. The predicted molar refractivity (Wildman–Crippen MR) is 151 cm³/mol. The van der Waals surface area contributed by atoms with Crippen LogP contribution < -0.4 is 9.64 Å². The highest BCUT2D eigenvalue weighted by atomic mass is 32.1. The molecule has 184 valence electrons. The van der Waals surface area contributed by atoms with Crippen LogP contribution >= 0.6 is 12.2 Å². The summed E-state index contributed by atoms with van der Waals surface area (Å²) in [7, 11) is 1.59. The molecule has 0 saturated carbocycles. The zero-order chi connectivity index (χ0) is 26.1. The van der Waals surface area contributed by atoms with Crippen LogP contribution in [0, 0.1) is 6.92 Å². The molecule has 1 aliphatic heterocycles. The van der Waals surface area contributed by atoms with Gasteiger partial charge < -0.3 is 4.74 Å². The van der Waals surface area contributed by atoms with E-state index in [1.807, 2.05) is 92.7 Å². The third kappa shape index (κ3) is 4.52. The quantitative estimate of drug-likeness (QED) is 0.177. The highest BCUT2D eigenvalue weighted by Crippen LogP contribution is 2.35. The fourth-order valence-corrected chi connectivity index (χ4v) is 5.06. The molecule has 1 fully saturated rings. The van der Waals surface area contributed by atoms with Crippen molar-refractivity contribution in [2.24, 2.45) is 0 Å². The Morgan fingerprint density at radius 3 is 2.22 bits per heavy atom. The Kier molecular flexibility index (Phi) is 6.59. The van der Waals surface area contributed by atoms with Crippen molar-refractivity contribution < 1.29 is 14.3 Å². The second kappa shape index (κ2) is 9.99. The molecule has 0 radical (unpaired) electrons. The van der Waals surface area contributed by atoms with E-state index in [0.29, 0.717) is 17.0 Å². The highest BCUT2D eigenvalue weighted by Gasteiger charge is 2.42. The lowest BCUT2D eigenvalue weighted by molar-refractivity contribution is -0.129. The van der Waals surface area contributed by atoms with Gasteiger partial charge in [-0.25, -0.2) is 0 Å². The molecular formula is C31H26N2O3S. The molecule has 5 nitrogen and oxygen atoms in total. The monoisotopic (exact) mass is 506 g/mol. The smallest absolute Gasteiger partial charge is 0.270 e. The largest absolute Gasteiger partial charge is 0.497 e. The van der Waals surface area contributed by atoms with Gasteiger partial charge in [0.1, 0.15) is 11.3 Å². The van der Waals surface area contributed by atoms with Gasteiger partial charge in [-0.3, -0.25) is 19.4 Å². The third-order valence-corrected chi connectivity index (χ3v) is 7.04. The minimum atomic E-state index is -0.448. The minimum absolute atomic E-state index is 0.0476. The molecule has 4 aromatic carbocycles. The van der Waals surface area contributed by atoms with Gasteiger partial charge in [-0.15, -0.1) is 0 Å². The molecule has 6 heteroatoms. The van der Waals surface area contributed by atoms with Crippen LogP contribution in [0.4, 0.5) is 5.69 Å². The Labute approximate surface area is 221 Å². The van der Waals surface area contributed by atoms with Crippen LogP contribution in [0.2, 0.25) is 0 Å². The van der Waals surface area contributed by atoms with Gasteiger partial charge in [0.15, 0.2) is 5.11 Å². The molecule has 0 N–H and O–H groups in total. The lowest BCUT2D eigenvalue weighted by Gasteiger charge is -2.40. The number of fused-ring (bicyclic) bond motifs is 1. The molecule has 0 spiro atoms. The Hall–Kier alpha value is -4.29. The van der Waals surface area contributed by atoms with E-state index in [4.69, 9.17) is 17.0 Å². The van der Waals surface area contributed by atoms with E-state index in [-0.39, 0.29) is 10.7 Å². The van der Waals surface area contributed by atoms with Crippen LogP contribution in [0.15, 0.2) is 96.6 Å². The van der Waals surface area contributed by atoms with E-state index in [1.165, 1.54) is 4.90 Å². The van der Waals surface area contributed by atoms with Crippen LogP contribution in [0.25, 0.3) is 16.8 Å². The number of carbonyl (C=O) groups is 2. The van der Waals surface area contributed by atoms with Crippen LogP contribution in [-0.2, 0) is 9.59 Å². The van der Waals surface area contributed by atoms with Gasteiger partial charge in [0, 0.05) is 0 Å². The number of carbonyl (C=O) groups excluding carboxylic acids is 2. The number of amides is 2. The van der Waals surface area contributed by atoms with Crippen molar-refractivity contribution in [3.05, 3.63) is 113 Å². The molecule has 4 aromatic rings. The number of anilines is 1. The van der Waals surface area contributed by atoms with Crippen molar-refractivity contribution in [1.82, 2.24) is 4.90 Å². The molecule has 5 rings (SSSR count). The summed E-state index contributed by atoms with van der Waals surface area (Å²) < 4.78 is 5.24. The number of hydrogen-bond donors (Lipinski definition) is 0. The molecule has 1 heterocycles. The summed E-state index contributed by atoms with van der Waals surface area (Å²) in [5.41, 5.74) is 3.39. The van der Waals surface area contributed by atoms with Gasteiger partial charge in [-0.2, -0.15) is 0 Å². The van der Waals surface area contributed by atoms with E-state index >= 15 is 0 Å². The average Bonchev–Trinajstić information content (AvgIpc) is 2.92. The van der Waals surface area contributed by atoms with E-state index in [9.17, 15) is 9.59 Å². The Morgan fingerprint density at radius 2 is 1.51 bits per heavy atom. The van der Waals surface area contributed by atoms with Gasteiger partial charge in [0.05, 0.1) is 18.8 Å². The summed E-state index contributed by atoms with van der Waals surface area (Å²) in [6.45, 7) is 3.92. The standard InChI is InChI=1S/C31H26N2O3S/c1-20-11-15-24(16-12-20)33-30(35)28(19-22-13-17-25(36-3)18-14-22)29(34)32(31(33)37)21(2)26-10-6-8-23-7-4-5-9-27(23)26/h4-19,21H,1-3H3/b28-19+. The predicted octanol–water partition coefficient (Wildman–Crippen LogP) is 6.46. The summed E-state index contributed by atoms with van der Waals surface area (Å²) in [5.74, 6) is -0.178. The summed E-state index contributed by atoms with van der Waals surface area (Å²) >= 11 is 5.83. The molecule has 0 aromatic heterocycles. The lowest BCUT2D eigenvalue weighted by atomic mass is 9.97. The summed E-state index contributed by atoms with van der Waals surface area (Å²) in [4.78, 5) is 30.7. The number of aryl methyl sites for hydroxylation is 1. The van der Waals surface area contributed by atoms with Gasteiger partial charge in [-0.1, -0.05) is 72.3 Å². The fourth-order valence-electron chi connectivity index (χ4n) is 4.63. The average molecular weight is 507 g/mol. The van der Waals surface area contributed by atoms with Crippen LogP contribution in [0.1, 0.15) is 29.7 Å². The first kappa shape index (κ1) is 24.4. The number of methoxy groups -OCH3 is 1. The highest BCUT2D eigenvalue weighted by molar-refractivity contribution is 7.80. The van der Waals surface area contributed by atoms with E-state index in [0.717, 1.165) is 21.9 Å². The summed E-state index contributed by atoms with van der Waals surface area (Å²) in [6.07, 6.45) is 1.62. The zero-order valence-corrected chi connectivity index (χ0v) is 21.7. The first-order valence-corrected chi connectivity index (χ1v) is 12.4. The number of rotatable bonds is 5. The number of hydrogen-bond acceptors (Lipinski definition) is 4. The van der Waals surface area contributed by atoms with Crippen molar-refractivity contribution in [3.8, 4) is 5.75 Å². The van der Waals surface area contributed by atoms with E-state index in [1.54, 1.807) is 30.2 Å². The lowest BCUT2D eigenvalue weighted by Crippen LogP contribution is -2.57. The van der Waals surface area contributed by atoms with Gasteiger partial charge in [0.25, 0.3) is 11.8 Å². The SMILES string of the molecule is COc1ccc(/C=C2/C(=O)N(c3ccc(C)cc3)C(=S)N(C(C)c3cccc4ccccc34)C2=O)cc1. The van der Waals surface area contributed by atoms with Crippen molar-refractivity contribution in [2.45, 2.75) is 19.9 Å². The minimum Gasteiger partial charge on any atom is -0.497 e. The second-order valence-corrected chi connectivity index (χ2v) is 9.37. The van der Waals surface area contributed by atoms with Crippen LogP contribution in [0.3, 0.4) is 0 Å². The Morgan fingerprint density at radius 1 is 0.838 bits per heavy atom. The normalized spacial score (nSPS) is 16.0. The van der Waals surface area contributed by atoms with E-state index in [2.05, 4.69) is 0 Å². The van der Waals surface area contributed by atoms with Gasteiger partial charge in [-0.05, 0) is 78.3 Å². The molecule has 2 amide bonds. The Bertz CT molecular complexity index is 1540. The molecule has 1 atom stereocenters. The van der Waals surface area contributed by atoms with Crippen molar-refractivity contribution >= 4 is 51.7 Å². The molecule has 1 aliphatic rings. The fraction of sp³-hybridized carbons (Fsp3) is 0.129. The maximum Gasteiger partial charge on any atom is 0.270 e. The van der Waals surface area contributed by atoms with Crippen molar-refractivity contribution in [3.63, 3.8) is 0 Å². The number of benzene rings is 4. The van der Waals surface area contributed by atoms with Gasteiger partial charge >= 0.3 is 0 Å². The van der Waals surface area contributed by atoms with Gasteiger partial charge in [0.2, 0.25) is 0 Å². The maximum atomic E-state index is 14.0. The molecule has 37 heavy (non-hydrogen) atoms. The molecule has 1 unspecified atom stereocenters.